The Labute approximate surface area is 141 Å². The summed E-state index contributed by atoms with van der Waals surface area (Å²) in [7, 11) is 0. The standard InChI is InChI=1S/C18H21NOS2/c1-14-9-10-16(21-2)13-17(14)18(20)19-11-6-12-22-15-7-4-3-5-8-15/h3-5,7-10,13H,6,11-12H2,1-2H3,(H,19,20). The molecular weight excluding hydrogens is 310 g/mol. The van der Waals surface area contributed by atoms with Crippen LogP contribution in [0.25, 0.3) is 0 Å². The fraction of sp³-hybridized carbons (Fsp3) is 0.278. The van der Waals surface area contributed by atoms with Crippen LogP contribution < -0.4 is 5.32 Å². The number of carbonyl (C=O) groups is 1. The average Bonchev–Trinajstić information content (AvgIpc) is 2.55. The highest BCUT2D eigenvalue weighted by Crippen LogP contribution is 2.19. The predicted octanol–water partition coefficient (Wildman–Crippen LogP) is 4.63. The van der Waals surface area contributed by atoms with Gasteiger partial charge in [-0.1, -0.05) is 24.3 Å². The smallest absolute Gasteiger partial charge is 0.251 e. The first-order chi connectivity index (χ1) is 10.7. The van der Waals surface area contributed by atoms with Crippen molar-refractivity contribution in [2.45, 2.75) is 23.1 Å². The lowest BCUT2D eigenvalue weighted by molar-refractivity contribution is 0.0953. The van der Waals surface area contributed by atoms with Gasteiger partial charge in [-0.2, -0.15) is 0 Å². The molecule has 0 radical (unpaired) electrons. The van der Waals surface area contributed by atoms with Crippen molar-refractivity contribution in [1.29, 1.82) is 0 Å². The van der Waals surface area contributed by atoms with Gasteiger partial charge < -0.3 is 5.32 Å². The Hall–Kier alpha value is -1.39. The number of carbonyl (C=O) groups excluding carboxylic acids is 1. The van der Waals surface area contributed by atoms with Gasteiger partial charge in [0.15, 0.2) is 0 Å². The van der Waals surface area contributed by atoms with Gasteiger partial charge in [-0.15, -0.1) is 23.5 Å². The van der Waals surface area contributed by atoms with E-state index in [9.17, 15) is 4.79 Å². The van der Waals surface area contributed by atoms with Crippen molar-refractivity contribution >= 4 is 29.4 Å². The minimum Gasteiger partial charge on any atom is -0.352 e. The first kappa shape index (κ1) is 17.0. The number of amides is 1. The lowest BCUT2D eigenvalue weighted by Gasteiger charge is -2.09. The first-order valence-corrected chi connectivity index (χ1v) is 9.52. The summed E-state index contributed by atoms with van der Waals surface area (Å²) in [4.78, 5) is 14.6. The first-order valence-electron chi connectivity index (χ1n) is 7.31. The highest BCUT2D eigenvalue weighted by Gasteiger charge is 2.09. The largest absolute Gasteiger partial charge is 0.352 e. The quantitative estimate of drug-likeness (QED) is 0.592. The second-order valence-corrected chi connectivity index (χ2v) is 7.00. The van der Waals surface area contributed by atoms with Crippen LogP contribution in [0.1, 0.15) is 22.3 Å². The lowest BCUT2D eigenvalue weighted by Crippen LogP contribution is -2.25. The van der Waals surface area contributed by atoms with E-state index in [0.717, 1.165) is 28.2 Å². The molecule has 2 aromatic rings. The normalized spacial score (nSPS) is 10.5. The SMILES string of the molecule is CSc1ccc(C)c(C(=O)NCCCSc2ccccc2)c1. The van der Waals surface area contributed by atoms with Gasteiger partial charge in [0, 0.05) is 21.9 Å². The summed E-state index contributed by atoms with van der Waals surface area (Å²) >= 11 is 3.48. The van der Waals surface area contributed by atoms with E-state index in [1.165, 1.54) is 4.90 Å². The molecule has 0 aliphatic heterocycles. The molecule has 1 amide bonds. The molecule has 0 fully saturated rings. The number of nitrogens with one attached hydrogen (secondary N) is 1. The van der Waals surface area contributed by atoms with Crippen molar-refractivity contribution in [2.24, 2.45) is 0 Å². The molecule has 1 N–H and O–H groups in total. The Morgan fingerprint density at radius 3 is 2.59 bits per heavy atom. The van der Waals surface area contributed by atoms with E-state index in [1.807, 2.05) is 61.3 Å². The predicted molar refractivity (Wildman–Crippen MR) is 97.1 cm³/mol. The van der Waals surface area contributed by atoms with E-state index >= 15 is 0 Å². The molecule has 0 spiro atoms. The Balaban J connectivity index is 1.76. The number of hydrogen-bond acceptors (Lipinski definition) is 3. The Morgan fingerprint density at radius 2 is 1.86 bits per heavy atom. The second kappa shape index (κ2) is 8.91. The van der Waals surface area contributed by atoms with Crippen LogP contribution in [-0.4, -0.2) is 24.5 Å². The van der Waals surface area contributed by atoms with Crippen LogP contribution in [0.15, 0.2) is 58.3 Å². The average molecular weight is 332 g/mol. The molecule has 0 bridgehead atoms. The van der Waals surface area contributed by atoms with Crippen molar-refractivity contribution in [3.05, 3.63) is 59.7 Å². The molecule has 0 aliphatic rings. The summed E-state index contributed by atoms with van der Waals surface area (Å²) in [6.45, 7) is 2.69. The van der Waals surface area contributed by atoms with Gasteiger partial charge in [-0.25, -0.2) is 0 Å². The monoisotopic (exact) mass is 331 g/mol. The fourth-order valence-corrected chi connectivity index (χ4v) is 3.36. The van der Waals surface area contributed by atoms with Gasteiger partial charge in [-0.05, 0) is 55.2 Å². The van der Waals surface area contributed by atoms with Gasteiger partial charge in [0.25, 0.3) is 5.91 Å². The van der Waals surface area contributed by atoms with Crippen LogP contribution in [0.4, 0.5) is 0 Å². The number of aryl methyl sites for hydroxylation is 1. The minimum atomic E-state index is 0.0260. The van der Waals surface area contributed by atoms with Gasteiger partial charge in [0.05, 0.1) is 0 Å². The summed E-state index contributed by atoms with van der Waals surface area (Å²) < 4.78 is 0. The van der Waals surface area contributed by atoms with Gasteiger partial charge >= 0.3 is 0 Å². The third kappa shape index (κ3) is 5.11. The summed E-state index contributed by atoms with van der Waals surface area (Å²) in [5, 5.41) is 3.02. The molecule has 2 rings (SSSR count). The fourth-order valence-electron chi connectivity index (χ4n) is 2.05. The van der Waals surface area contributed by atoms with Crippen LogP contribution in [0.2, 0.25) is 0 Å². The zero-order valence-corrected chi connectivity index (χ0v) is 14.6. The molecule has 0 aliphatic carbocycles. The topological polar surface area (TPSA) is 29.1 Å². The van der Waals surface area contributed by atoms with E-state index in [-0.39, 0.29) is 5.91 Å². The number of rotatable bonds is 7. The van der Waals surface area contributed by atoms with Crippen molar-refractivity contribution in [3.63, 3.8) is 0 Å². The minimum absolute atomic E-state index is 0.0260. The summed E-state index contributed by atoms with van der Waals surface area (Å²) in [6, 6.07) is 16.4. The van der Waals surface area contributed by atoms with E-state index in [2.05, 4.69) is 17.4 Å². The maximum absolute atomic E-state index is 12.2. The third-order valence-corrected chi connectivity index (χ3v) is 5.13. The summed E-state index contributed by atoms with van der Waals surface area (Å²) in [6.07, 6.45) is 2.99. The molecule has 0 aromatic heterocycles. The molecule has 0 saturated carbocycles. The third-order valence-electron chi connectivity index (χ3n) is 3.31. The maximum Gasteiger partial charge on any atom is 0.251 e. The van der Waals surface area contributed by atoms with Crippen LogP contribution in [0.3, 0.4) is 0 Å². The zero-order chi connectivity index (χ0) is 15.8. The second-order valence-electron chi connectivity index (χ2n) is 4.95. The Kier molecular flexibility index (Phi) is 6.87. The molecule has 0 unspecified atom stereocenters. The molecule has 116 valence electrons. The maximum atomic E-state index is 12.2. The van der Waals surface area contributed by atoms with Crippen molar-refractivity contribution < 1.29 is 4.79 Å². The van der Waals surface area contributed by atoms with Crippen LogP contribution in [0.5, 0.6) is 0 Å². The zero-order valence-electron chi connectivity index (χ0n) is 13.0. The lowest BCUT2D eigenvalue weighted by atomic mass is 10.1. The van der Waals surface area contributed by atoms with Gasteiger partial charge in [0.1, 0.15) is 0 Å². The van der Waals surface area contributed by atoms with Crippen LogP contribution in [0, 0.1) is 6.92 Å². The highest BCUT2D eigenvalue weighted by molar-refractivity contribution is 7.99. The van der Waals surface area contributed by atoms with Crippen LogP contribution in [-0.2, 0) is 0 Å². The van der Waals surface area contributed by atoms with Gasteiger partial charge in [0.2, 0.25) is 0 Å². The molecule has 22 heavy (non-hydrogen) atoms. The molecule has 4 heteroatoms. The Morgan fingerprint density at radius 1 is 1.09 bits per heavy atom. The van der Waals surface area contributed by atoms with E-state index in [1.54, 1.807) is 11.8 Å². The van der Waals surface area contributed by atoms with Crippen molar-refractivity contribution in [3.8, 4) is 0 Å². The van der Waals surface area contributed by atoms with E-state index in [0.29, 0.717) is 6.54 Å². The van der Waals surface area contributed by atoms with E-state index < -0.39 is 0 Å². The number of hydrogen-bond donors (Lipinski definition) is 1. The van der Waals surface area contributed by atoms with Crippen molar-refractivity contribution in [2.75, 3.05) is 18.6 Å². The number of benzene rings is 2. The molecular formula is C18H21NOS2. The molecule has 2 nitrogen and oxygen atoms in total. The molecule has 0 saturated heterocycles. The Bertz CT molecular complexity index is 614. The van der Waals surface area contributed by atoms with Crippen LogP contribution >= 0.6 is 23.5 Å². The van der Waals surface area contributed by atoms with Gasteiger partial charge in [-0.3, -0.25) is 4.79 Å². The molecule has 2 aromatic carbocycles. The highest BCUT2D eigenvalue weighted by atomic mass is 32.2. The number of thioether (sulfide) groups is 2. The summed E-state index contributed by atoms with van der Waals surface area (Å²) in [5.41, 5.74) is 1.80. The van der Waals surface area contributed by atoms with Crippen molar-refractivity contribution in [1.82, 2.24) is 5.32 Å². The van der Waals surface area contributed by atoms with E-state index in [4.69, 9.17) is 0 Å². The summed E-state index contributed by atoms with van der Waals surface area (Å²) in [5.74, 6) is 1.03. The molecule has 0 heterocycles. The molecule has 0 atom stereocenters.